The smallest absolute Gasteiger partial charge is 0.254 e. The second-order valence-corrected chi connectivity index (χ2v) is 6.81. The van der Waals surface area contributed by atoms with E-state index in [0.29, 0.717) is 17.5 Å². The van der Waals surface area contributed by atoms with Crippen LogP contribution in [0, 0.1) is 5.92 Å². The van der Waals surface area contributed by atoms with Gasteiger partial charge in [0.2, 0.25) is 0 Å². The van der Waals surface area contributed by atoms with E-state index in [4.69, 9.17) is 0 Å². The second-order valence-electron chi connectivity index (χ2n) is 5.43. The summed E-state index contributed by atoms with van der Waals surface area (Å²) in [6.07, 6.45) is 3.83. The van der Waals surface area contributed by atoms with Crippen molar-refractivity contribution in [2.75, 3.05) is 12.8 Å². The fourth-order valence-corrected chi connectivity index (χ4v) is 3.21. The summed E-state index contributed by atoms with van der Waals surface area (Å²) >= 11 is 0. The number of amides is 1. The molecule has 1 aromatic carbocycles. The molecule has 1 heterocycles. The SMILES string of the molecule is CC(C)[C@@H]1CCCN1C(=O)c1ccc([S@@](C)=O)cc1. The Bertz CT molecular complexity index is 481. The van der Waals surface area contributed by atoms with E-state index in [9.17, 15) is 9.00 Å². The molecule has 2 rings (SSSR count). The molecule has 2 atom stereocenters. The molecule has 1 amide bonds. The van der Waals surface area contributed by atoms with Crippen LogP contribution in [0.2, 0.25) is 0 Å². The van der Waals surface area contributed by atoms with Crippen molar-refractivity contribution in [3.63, 3.8) is 0 Å². The quantitative estimate of drug-likeness (QED) is 0.853. The van der Waals surface area contributed by atoms with Crippen LogP contribution in [0.15, 0.2) is 29.2 Å². The average molecular weight is 279 g/mol. The topological polar surface area (TPSA) is 37.4 Å². The minimum atomic E-state index is -0.992. The lowest BCUT2D eigenvalue weighted by molar-refractivity contribution is 0.0701. The van der Waals surface area contributed by atoms with Gasteiger partial charge in [-0.3, -0.25) is 9.00 Å². The van der Waals surface area contributed by atoms with Crippen molar-refractivity contribution >= 4 is 16.7 Å². The first kappa shape index (κ1) is 14.3. The van der Waals surface area contributed by atoms with Crippen molar-refractivity contribution in [3.05, 3.63) is 29.8 Å². The lowest BCUT2D eigenvalue weighted by Crippen LogP contribution is -2.38. The Balaban J connectivity index is 2.17. The predicted molar refractivity (Wildman–Crippen MR) is 77.7 cm³/mol. The molecule has 0 bridgehead atoms. The molecular formula is C15H21NO2S. The Morgan fingerprint density at radius 3 is 2.47 bits per heavy atom. The van der Waals surface area contributed by atoms with Gasteiger partial charge < -0.3 is 4.90 Å². The summed E-state index contributed by atoms with van der Waals surface area (Å²) in [6, 6.07) is 7.49. The van der Waals surface area contributed by atoms with E-state index in [1.165, 1.54) is 0 Å². The van der Waals surface area contributed by atoms with Crippen molar-refractivity contribution in [1.82, 2.24) is 4.90 Å². The Morgan fingerprint density at radius 1 is 1.32 bits per heavy atom. The highest BCUT2D eigenvalue weighted by Gasteiger charge is 2.31. The maximum atomic E-state index is 12.5. The van der Waals surface area contributed by atoms with E-state index in [2.05, 4.69) is 13.8 Å². The van der Waals surface area contributed by atoms with Gasteiger partial charge in [0.25, 0.3) is 5.91 Å². The van der Waals surface area contributed by atoms with Gasteiger partial charge in [0.1, 0.15) is 0 Å². The lowest BCUT2D eigenvalue weighted by Gasteiger charge is -2.27. The molecule has 3 nitrogen and oxygen atoms in total. The summed E-state index contributed by atoms with van der Waals surface area (Å²) in [6.45, 7) is 5.18. The van der Waals surface area contributed by atoms with Crippen molar-refractivity contribution < 1.29 is 9.00 Å². The Morgan fingerprint density at radius 2 is 1.95 bits per heavy atom. The number of carbonyl (C=O) groups excluding carboxylic acids is 1. The zero-order valence-electron chi connectivity index (χ0n) is 11.8. The molecule has 1 aliphatic rings. The largest absolute Gasteiger partial charge is 0.335 e. The summed E-state index contributed by atoms with van der Waals surface area (Å²) in [7, 11) is -0.992. The van der Waals surface area contributed by atoms with Crippen LogP contribution >= 0.6 is 0 Å². The average Bonchev–Trinajstić information content (AvgIpc) is 2.87. The Kier molecular flexibility index (Phi) is 4.40. The molecule has 104 valence electrons. The van der Waals surface area contributed by atoms with Gasteiger partial charge in [-0.05, 0) is 43.0 Å². The Labute approximate surface area is 117 Å². The fourth-order valence-electron chi connectivity index (χ4n) is 2.69. The first-order valence-corrected chi connectivity index (χ1v) is 8.31. The normalized spacial score (nSPS) is 20.8. The fraction of sp³-hybridized carbons (Fsp3) is 0.533. The molecule has 0 aliphatic carbocycles. The number of benzene rings is 1. The van der Waals surface area contributed by atoms with Gasteiger partial charge in [-0.15, -0.1) is 0 Å². The summed E-state index contributed by atoms with van der Waals surface area (Å²) in [5.74, 6) is 0.596. The molecule has 0 unspecified atom stereocenters. The zero-order chi connectivity index (χ0) is 14.0. The number of hydrogen-bond donors (Lipinski definition) is 0. The van der Waals surface area contributed by atoms with Crippen LogP contribution in [-0.4, -0.2) is 33.9 Å². The third-order valence-corrected chi connectivity index (χ3v) is 4.70. The van der Waals surface area contributed by atoms with Crippen LogP contribution in [0.3, 0.4) is 0 Å². The van der Waals surface area contributed by atoms with Gasteiger partial charge in [-0.1, -0.05) is 13.8 Å². The number of carbonyl (C=O) groups is 1. The van der Waals surface area contributed by atoms with Crippen LogP contribution in [0.4, 0.5) is 0 Å². The van der Waals surface area contributed by atoms with E-state index in [0.717, 1.165) is 24.3 Å². The van der Waals surface area contributed by atoms with Crippen LogP contribution in [-0.2, 0) is 10.8 Å². The molecule has 1 aromatic rings. The maximum absolute atomic E-state index is 12.5. The molecule has 0 N–H and O–H groups in total. The molecule has 1 aliphatic heterocycles. The van der Waals surface area contributed by atoms with Crippen molar-refractivity contribution in [1.29, 1.82) is 0 Å². The van der Waals surface area contributed by atoms with E-state index < -0.39 is 10.8 Å². The van der Waals surface area contributed by atoms with Gasteiger partial charge in [-0.2, -0.15) is 0 Å². The highest BCUT2D eigenvalue weighted by molar-refractivity contribution is 7.84. The third-order valence-electron chi connectivity index (χ3n) is 3.76. The van der Waals surface area contributed by atoms with Gasteiger partial charge in [0.05, 0.1) is 0 Å². The first-order valence-electron chi connectivity index (χ1n) is 6.75. The van der Waals surface area contributed by atoms with Crippen LogP contribution in [0.5, 0.6) is 0 Å². The number of nitrogens with zero attached hydrogens (tertiary/aromatic N) is 1. The summed E-state index contributed by atoms with van der Waals surface area (Å²) < 4.78 is 11.3. The predicted octanol–water partition coefficient (Wildman–Crippen LogP) is 2.68. The molecule has 0 aromatic heterocycles. The molecule has 19 heavy (non-hydrogen) atoms. The van der Waals surface area contributed by atoms with Gasteiger partial charge >= 0.3 is 0 Å². The number of hydrogen-bond acceptors (Lipinski definition) is 2. The number of likely N-dealkylation sites (tertiary alicyclic amines) is 1. The monoisotopic (exact) mass is 279 g/mol. The molecule has 0 spiro atoms. The number of rotatable bonds is 3. The molecule has 1 fully saturated rings. The first-order chi connectivity index (χ1) is 9.00. The lowest BCUT2D eigenvalue weighted by atomic mass is 10.0. The third kappa shape index (κ3) is 3.06. The van der Waals surface area contributed by atoms with Gasteiger partial charge in [0, 0.05) is 40.1 Å². The van der Waals surface area contributed by atoms with E-state index in [-0.39, 0.29) is 5.91 Å². The van der Waals surface area contributed by atoms with Crippen molar-refractivity contribution in [3.8, 4) is 0 Å². The highest BCUT2D eigenvalue weighted by atomic mass is 32.2. The molecule has 4 heteroatoms. The van der Waals surface area contributed by atoms with Crippen LogP contribution in [0.1, 0.15) is 37.0 Å². The Hall–Kier alpha value is -1.16. The summed E-state index contributed by atoms with van der Waals surface area (Å²) in [4.78, 5) is 15.2. The van der Waals surface area contributed by atoms with Crippen LogP contribution < -0.4 is 0 Å². The molecule has 1 saturated heterocycles. The van der Waals surface area contributed by atoms with E-state index in [1.54, 1.807) is 30.5 Å². The molecular weight excluding hydrogens is 258 g/mol. The summed E-state index contributed by atoms with van der Waals surface area (Å²) in [5.41, 5.74) is 0.696. The standard InChI is InChI=1S/C15H21NO2S/c1-11(2)14-5-4-10-16(14)15(17)12-6-8-13(9-7-12)19(3)18/h6-9,11,14H,4-5,10H2,1-3H3/t14-,19+/m0/s1. The van der Waals surface area contributed by atoms with E-state index >= 15 is 0 Å². The second kappa shape index (κ2) is 5.87. The van der Waals surface area contributed by atoms with Gasteiger partial charge in [-0.25, -0.2) is 0 Å². The van der Waals surface area contributed by atoms with Crippen molar-refractivity contribution in [2.45, 2.75) is 37.6 Å². The highest BCUT2D eigenvalue weighted by Crippen LogP contribution is 2.25. The minimum Gasteiger partial charge on any atom is -0.335 e. The van der Waals surface area contributed by atoms with E-state index in [1.807, 2.05) is 4.90 Å². The maximum Gasteiger partial charge on any atom is 0.254 e. The molecule has 0 saturated carbocycles. The van der Waals surface area contributed by atoms with Crippen molar-refractivity contribution in [2.24, 2.45) is 5.92 Å². The van der Waals surface area contributed by atoms with Gasteiger partial charge in [0.15, 0.2) is 0 Å². The van der Waals surface area contributed by atoms with Crippen LogP contribution in [0.25, 0.3) is 0 Å². The zero-order valence-corrected chi connectivity index (χ0v) is 12.6. The molecule has 0 radical (unpaired) electrons. The summed E-state index contributed by atoms with van der Waals surface area (Å²) in [5, 5.41) is 0. The minimum absolute atomic E-state index is 0.102.